The van der Waals surface area contributed by atoms with Crippen LogP contribution in [0.25, 0.3) is 5.69 Å². The van der Waals surface area contributed by atoms with Crippen LogP contribution in [0.15, 0.2) is 78.0 Å². The summed E-state index contributed by atoms with van der Waals surface area (Å²) < 4.78 is 15.2. The van der Waals surface area contributed by atoms with E-state index in [0.29, 0.717) is 5.36 Å². The van der Waals surface area contributed by atoms with Crippen molar-refractivity contribution >= 4 is 5.91 Å². The Hall–Kier alpha value is -3.08. The van der Waals surface area contributed by atoms with E-state index in [1.165, 1.54) is 24.4 Å². The van der Waals surface area contributed by atoms with Crippen molar-refractivity contribution in [2.45, 2.75) is 0 Å². The Kier molecular flexibility index (Phi) is 3.87. The van der Waals surface area contributed by atoms with E-state index in [9.17, 15) is 9.18 Å². The third-order valence-electron chi connectivity index (χ3n) is 3.06. The number of benzene rings is 2. The van der Waals surface area contributed by atoms with E-state index in [1.807, 2.05) is 30.3 Å². The molecule has 3 aromatic rings. The summed E-state index contributed by atoms with van der Waals surface area (Å²) in [7, 11) is 0. The number of carbonyl (C=O) groups excluding carboxylic acids is 1. The first kappa shape index (κ1) is 13.9. The van der Waals surface area contributed by atoms with E-state index in [2.05, 4.69) is 10.1 Å². The smallest absolute Gasteiger partial charge is 0.267 e. The van der Waals surface area contributed by atoms with Gasteiger partial charge in [-0.1, -0.05) is 30.3 Å². The molecule has 0 unspecified atom stereocenters. The van der Waals surface area contributed by atoms with Crippen LogP contribution in [-0.2, 0) is 0 Å². The Morgan fingerprint density at radius 3 is 2.41 bits per heavy atom. The molecule has 0 aliphatic carbocycles. The maximum Gasteiger partial charge on any atom is 0.280 e. The van der Waals surface area contributed by atoms with Crippen LogP contribution in [-0.4, -0.2) is 15.7 Å². The van der Waals surface area contributed by atoms with Crippen LogP contribution in [0, 0.1) is 5.82 Å². The minimum atomic E-state index is -0.627. The van der Waals surface area contributed by atoms with Gasteiger partial charge in [-0.3, -0.25) is 4.79 Å². The van der Waals surface area contributed by atoms with Crippen molar-refractivity contribution in [2.75, 3.05) is 0 Å². The molecule has 1 heterocycles. The van der Waals surface area contributed by atoms with E-state index in [1.54, 1.807) is 23.0 Å². The third kappa shape index (κ3) is 2.98. The first-order chi connectivity index (χ1) is 10.7. The molecule has 2 aromatic carbocycles. The first-order valence-electron chi connectivity index (χ1n) is 6.68. The second kappa shape index (κ2) is 6.13. The summed E-state index contributed by atoms with van der Waals surface area (Å²) in [5.74, 6) is -1.21. The minimum Gasteiger partial charge on any atom is -0.267 e. The van der Waals surface area contributed by atoms with Crippen LogP contribution in [0.3, 0.4) is 0 Å². The van der Waals surface area contributed by atoms with E-state index in [-0.39, 0.29) is 5.56 Å². The van der Waals surface area contributed by atoms with E-state index >= 15 is 0 Å². The Morgan fingerprint density at radius 2 is 1.73 bits per heavy atom. The van der Waals surface area contributed by atoms with Crippen molar-refractivity contribution in [3.8, 4) is 5.69 Å². The van der Waals surface area contributed by atoms with Gasteiger partial charge in [0.25, 0.3) is 5.91 Å². The quantitative estimate of drug-likeness (QED) is 0.729. The van der Waals surface area contributed by atoms with Crippen LogP contribution < -0.4 is 5.36 Å². The molecule has 0 radical (unpaired) electrons. The molecular weight excluding hydrogens is 281 g/mol. The van der Waals surface area contributed by atoms with E-state index in [4.69, 9.17) is 0 Å². The molecule has 108 valence electrons. The highest BCUT2D eigenvalue weighted by Crippen LogP contribution is 2.07. The van der Waals surface area contributed by atoms with Gasteiger partial charge < -0.3 is 0 Å². The van der Waals surface area contributed by atoms with Gasteiger partial charge in [-0.2, -0.15) is 5.10 Å². The largest absolute Gasteiger partial charge is 0.280 e. The monoisotopic (exact) mass is 293 g/mol. The Labute approximate surface area is 126 Å². The number of carbonyl (C=O) groups is 1. The molecule has 4 nitrogen and oxygen atoms in total. The molecular formula is C17H12FN3O. The summed E-state index contributed by atoms with van der Waals surface area (Å²) >= 11 is 0. The fraction of sp³-hybridized carbons (Fsp3) is 0. The summed E-state index contributed by atoms with van der Waals surface area (Å²) in [4.78, 5) is 15.8. The maximum atomic E-state index is 13.5. The fourth-order valence-corrected chi connectivity index (χ4v) is 1.96. The molecule has 1 amide bonds. The number of aromatic nitrogens is 2. The molecule has 0 aliphatic rings. The average molecular weight is 293 g/mol. The molecule has 0 bridgehead atoms. The lowest BCUT2D eigenvalue weighted by atomic mass is 10.2. The molecule has 3 rings (SSSR count). The second-order valence-corrected chi connectivity index (χ2v) is 4.56. The van der Waals surface area contributed by atoms with Gasteiger partial charge in [-0.05, 0) is 30.3 Å². The van der Waals surface area contributed by atoms with Gasteiger partial charge in [-0.25, -0.2) is 14.1 Å². The predicted molar refractivity (Wildman–Crippen MR) is 79.9 cm³/mol. The topological polar surface area (TPSA) is 47.2 Å². The normalized spacial score (nSPS) is 11.4. The van der Waals surface area contributed by atoms with Gasteiger partial charge >= 0.3 is 0 Å². The van der Waals surface area contributed by atoms with Crippen LogP contribution in [0.1, 0.15) is 10.4 Å². The van der Waals surface area contributed by atoms with Crippen LogP contribution in [0.2, 0.25) is 0 Å². The molecule has 1 aromatic heterocycles. The summed E-state index contributed by atoms with van der Waals surface area (Å²) in [6.45, 7) is 0. The zero-order chi connectivity index (χ0) is 15.4. The molecule has 0 spiro atoms. The lowest BCUT2D eigenvalue weighted by Gasteiger charge is -2.03. The van der Waals surface area contributed by atoms with Crippen molar-refractivity contribution in [3.63, 3.8) is 0 Å². The number of para-hydroxylation sites is 1. The Balaban J connectivity index is 1.90. The number of hydrogen-bond donors (Lipinski definition) is 0. The van der Waals surface area contributed by atoms with Crippen LogP contribution >= 0.6 is 0 Å². The highest BCUT2D eigenvalue weighted by Gasteiger charge is 2.08. The zero-order valence-electron chi connectivity index (χ0n) is 11.6. The molecule has 22 heavy (non-hydrogen) atoms. The number of nitrogens with zero attached hydrogens (tertiary/aromatic N) is 3. The van der Waals surface area contributed by atoms with Gasteiger partial charge in [0.2, 0.25) is 0 Å². The summed E-state index contributed by atoms with van der Waals surface area (Å²) in [6.07, 6.45) is 3.16. The van der Waals surface area contributed by atoms with Crippen molar-refractivity contribution < 1.29 is 9.18 Å². The van der Waals surface area contributed by atoms with Crippen molar-refractivity contribution in [1.29, 1.82) is 0 Å². The van der Waals surface area contributed by atoms with Gasteiger partial charge in [0.15, 0.2) is 0 Å². The number of hydrogen-bond acceptors (Lipinski definition) is 2. The molecule has 0 saturated heterocycles. The predicted octanol–water partition coefficient (Wildman–Crippen LogP) is 2.75. The third-order valence-corrected chi connectivity index (χ3v) is 3.06. The van der Waals surface area contributed by atoms with E-state index in [0.717, 1.165) is 5.69 Å². The number of rotatable bonds is 2. The molecule has 0 N–H and O–H groups in total. The minimum absolute atomic E-state index is 0.0534. The van der Waals surface area contributed by atoms with Crippen molar-refractivity contribution in [3.05, 3.63) is 89.8 Å². The summed E-state index contributed by atoms with van der Waals surface area (Å²) in [5, 5.41) is 4.57. The number of amides is 1. The van der Waals surface area contributed by atoms with Crippen molar-refractivity contribution in [1.82, 2.24) is 9.78 Å². The van der Waals surface area contributed by atoms with Crippen LogP contribution in [0.5, 0.6) is 0 Å². The standard InChI is InChI=1S/C17H12FN3O/c18-16-9-5-4-8-15(16)17(22)20-13-10-11-21(19-12-13)14-6-2-1-3-7-14/h1-12H/b20-13+. The Bertz CT molecular complexity index is 852. The van der Waals surface area contributed by atoms with Gasteiger partial charge in [0.1, 0.15) is 5.82 Å². The Morgan fingerprint density at radius 1 is 1.00 bits per heavy atom. The van der Waals surface area contributed by atoms with Gasteiger partial charge in [-0.15, -0.1) is 0 Å². The summed E-state index contributed by atoms with van der Waals surface area (Å²) in [6, 6.07) is 17.0. The highest BCUT2D eigenvalue weighted by atomic mass is 19.1. The van der Waals surface area contributed by atoms with Crippen LogP contribution in [0.4, 0.5) is 4.39 Å². The molecule has 0 atom stereocenters. The van der Waals surface area contributed by atoms with Gasteiger partial charge in [0.05, 0.1) is 22.8 Å². The summed E-state index contributed by atoms with van der Waals surface area (Å²) in [5.41, 5.74) is 0.844. The average Bonchev–Trinajstić information content (AvgIpc) is 2.57. The fourth-order valence-electron chi connectivity index (χ4n) is 1.96. The lowest BCUT2D eigenvalue weighted by molar-refractivity contribution is 0.0994. The molecule has 0 saturated carbocycles. The molecule has 0 aliphatic heterocycles. The maximum absolute atomic E-state index is 13.5. The lowest BCUT2D eigenvalue weighted by Crippen LogP contribution is -2.12. The SMILES string of the molecule is O=C(/N=c1\ccn(-c2ccccc2)nc1)c1ccccc1F. The number of halogens is 1. The zero-order valence-corrected chi connectivity index (χ0v) is 11.6. The molecule has 5 heteroatoms. The highest BCUT2D eigenvalue weighted by molar-refractivity contribution is 5.95. The molecule has 0 fully saturated rings. The van der Waals surface area contributed by atoms with E-state index < -0.39 is 11.7 Å². The van der Waals surface area contributed by atoms with Gasteiger partial charge in [0, 0.05) is 6.20 Å². The first-order valence-corrected chi connectivity index (χ1v) is 6.68. The van der Waals surface area contributed by atoms with Crippen molar-refractivity contribution in [2.24, 2.45) is 4.99 Å². The second-order valence-electron chi connectivity index (χ2n) is 4.56.